The Bertz CT molecular complexity index is 948. The maximum absolute atomic E-state index is 12.7. The summed E-state index contributed by atoms with van der Waals surface area (Å²) in [6.45, 7) is 0.0996. The lowest BCUT2D eigenvalue weighted by atomic mass is 10.2. The summed E-state index contributed by atoms with van der Waals surface area (Å²) >= 11 is 0. The minimum absolute atomic E-state index is 0.0959. The smallest absolute Gasteiger partial charge is 0.247 e. The van der Waals surface area contributed by atoms with Crippen LogP contribution in [0.3, 0.4) is 0 Å². The predicted molar refractivity (Wildman–Crippen MR) is 111 cm³/mol. The molecule has 29 heavy (non-hydrogen) atoms. The third-order valence-electron chi connectivity index (χ3n) is 4.16. The lowest BCUT2D eigenvalue weighted by Crippen LogP contribution is -2.36. The lowest BCUT2D eigenvalue weighted by molar-refractivity contribution is -0.131. The summed E-state index contributed by atoms with van der Waals surface area (Å²) in [7, 11) is 1.60. The molecule has 0 spiro atoms. The first kappa shape index (κ1) is 19.9. The number of benzene rings is 2. The monoisotopic (exact) mass is 390 g/mol. The van der Waals surface area contributed by atoms with E-state index < -0.39 is 0 Å². The topological polar surface area (TPSA) is 71.8 Å². The van der Waals surface area contributed by atoms with Crippen LogP contribution in [0.2, 0.25) is 0 Å². The van der Waals surface area contributed by atoms with Gasteiger partial charge in [-0.15, -0.1) is 0 Å². The summed E-state index contributed by atoms with van der Waals surface area (Å²) in [6, 6.07) is 20.0. The molecule has 0 saturated carbocycles. The molecule has 0 aliphatic carbocycles. The molecule has 0 saturated heterocycles. The fraction of sp³-hybridized carbons (Fsp3) is 0.130. The second kappa shape index (κ2) is 9.94. The van der Waals surface area contributed by atoms with E-state index in [2.05, 4.69) is 5.32 Å². The van der Waals surface area contributed by atoms with Crippen LogP contribution in [0.5, 0.6) is 5.75 Å². The number of rotatable bonds is 8. The Morgan fingerprint density at radius 1 is 1.03 bits per heavy atom. The molecule has 6 heteroatoms. The zero-order chi connectivity index (χ0) is 20.5. The predicted octanol–water partition coefficient (Wildman–Crippen LogP) is 3.97. The van der Waals surface area contributed by atoms with E-state index >= 15 is 0 Å². The Hall–Kier alpha value is -3.80. The first-order valence-corrected chi connectivity index (χ1v) is 9.12. The van der Waals surface area contributed by atoms with Gasteiger partial charge in [-0.25, -0.2) is 0 Å². The van der Waals surface area contributed by atoms with E-state index in [1.807, 2.05) is 42.5 Å². The number of carbonyl (C=O) groups excluding carboxylic acids is 2. The molecular formula is C23H22N2O4. The molecule has 0 fully saturated rings. The van der Waals surface area contributed by atoms with Crippen LogP contribution in [0.4, 0.5) is 5.69 Å². The average Bonchev–Trinajstić information content (AvgIpc) is 3.26. The minimum Gasteiger partial charge on any atom is -0.497 e. The van der Waals surface area contributed by atoms with Crippen molar-refractivity contribution in [2.45, 2.75) is 6.54 Å². The molecule has 1 N–H and O–H groups in total. The van der Waals surface area contributed by atoms with Gasteiger partial charge in [-0.05, 0) is 48.0 Å². The van der Waals surface area contributed by atoms with Crippen molar-refractivity contribution < 1.29 is 18.7 Å². The summed E-state index contributed by atoms with van der Waals surface area (Å²) in [5.41, 5.74) is 1.53. The van der Waals surface area contributed by atoms with E-state index in [4.69, 9.17) is 9.15 Å². The summed E-state index contributed by atoms with van der Waals surface area (Å²) in [5.74, 6) is 0.767. The maximum Gasteiger partial charge on any atom is 0.247 e. The number of nitrogens with zero attached hydrogens (tertiary/aromatic N) is 1. The molecule has 1 aromatic heterocycles. The second-order valence-electron chi connectivity index (χ2n) is 6.29. The molecule has 0 unspecified atom stereocenters. The Labute approximate surface area is 169 Å². The van der Waals surface area contributed by atoms with E-state index in [9.17, 15) is 9.59 Å². The number of hydrogen-bond acceptors (Lipinski definition) is 4. The highest BCUT2D eigenvalue weighted by Gasteiger charge is 2.17. The molecule has 3 aromatic rings. The van der Waals surface area contributed by atoms with Gasteiger partial charge in [-0.2, -0.15) is 0 Å². The number of furan rings is 1. The number of anilines is 1. The molecule has 3 rings (SSSR count). The van der Waals surface area contributed by atoms with Gasteiger partial charge in [0.15, 0.2) is 0 Å². The van der Waals surface area contributed by atoms with Gasteiger partial charge in [-0.1, -0.05) is 30.3 Å². The Kier molecular flexibility index (Phi) is 6.84. The molecule has 0 aliphatic heterocycles. The highest BCUT2D eigenvalue weighted by Crippen LogP contribution is 2.13. The van der Waals surface area contributed by atoms with Crippen molar-refractivity contribution in [3.63, 3.8) is 0 Å². The van der Waals surface area contributed by atoms with Crippen LogP contribution < -0.4 is 10.1 Å². The first-order chi connectivity index (χ1) is 14.1. The normalized spacial score (nSPS) is 10.7. The number of amides is 2. The molecule has 6 nitrogen and oxygen atoms in total. The molecule has 148 valence electrons. The van der Waals surface area contributed by atoms with Crippen molar-refractivity contribution in [2.24, 2.45) is 0 Å². The second-order valence-corrected chi connectivity index (χ2v) is 6.29. The summed E-state index contributed by atoms with van der Waals surface area (Å²) < 4.78 is 10.5. The zero-order valence-corrected chi connectivity index (χ0v) is 16.1. The van der Waals surface area contributed by atoms with Crippen LogP contribution in [0.25, 0.3) is 6.08 Å². The molecular weight excluding hydrogens is 368 g/mol. The quantitative estimate of drug-likeness (QED) is 0.591. The molecule has 2 amide bonds. The number of para-hydroxylation sites is 1. The van der Waals surface area contributed by atoms with Crippen molar-refractivity contribution >= 4 is 23.6 Å². The molecule has 0 aliphatic rings. The zero-order valence-electron chi connectivity index (χ0n) is 16.1. The number of hydrogen-bond donors (Lipinski definition) is 1. The number of ether oxygens (including phenoxy) is 1. The number of nitrogens with one attached hydrogen (secondary N) is 1. The number of methoxy groups -OCH3 is 1. The van der Waals surface area contributed by atoms with Crippen molar-refractivity contribution in [2.75, 3.05) is 19.0 Å². The Morgan fingerprint density at radius 3 is 2.45 bits per heavy atom. The fourth-order valence-electron chi connectivity index (χ4n) is 2.69. The third kappa shape index (κ3) is 6.10. The number of carbonyl (C=O) groups is 2. The SMILES string of the molecule is COc1ccc(/C=C/C(=O)N(CC(=O)Nc2ccccc2)Cc2ccco2)cc1. The average molecular weight is 390 g/mol. The van der Waals surface area contributed by atoms with Gasteiger partial charge in [0.1, 0.15) is 18.1 Å². The maximum atomic E-state index is 12.7. The van der Waals surface area contributed by atoms with Gasteiger partial charge in [0.25, 0.3) is 0 Å². The van der Waals surface area contributed by atoms with E-state index in [0.717, 1.165) is 11.3 Å². The van der Waals surface area contributed by atoms with Crippen molar-refractivity contribution in [3.05, 3.63) is 90.4 Å². The molecule has 1 heterocycles. The van der Waals surface area contributed by atoms with Crippen LogP contribution >= 0.6 is 0 Å². The van der Waals surface area contributed by atoms with Gasteiger partial charge < -0.3 is 19.4 Å². The highest BCUT2D eigenvalue weighted by molar-refractivity contribution is 5.98. The van der Waals surface area contributed by atoms with Crippen LogP contribution in [-0.4, -0.2) is 30.4 Å². The van der Waals surface area contributed by atoms with Crippen LogP contribution in [0, 0.1) is 0 Å². The van der Waals surface area contributed by atoms with Crippen molar-refractivity contribution in [1.29, 1.82) is 0 Å². The largest absolute Gasteiger partial charge is 0.497 e. The summed E-state index contributed by atoms with van der Waals surface area (Å²) in [5, 5.41) is 2.79. The molecule has 0 atom stereocenters. The van der Waals surface area contributed by atoms with Crippen molar-refractivity contribution in [1.82, 2.24) is 4.90 Å². The molecule has 0 bridgehead atoms. The summed E-state index contributed by atoms with van der Waals surface area (Å²) in [4.78, 5) is 26.6. The summed E-state index contributed by atoms with van der Waals surface area (Å²) in [6.07, 6.45) is 4.68. The highest BCUT2D eigenvalue weighted by atomic mass is 16.5. The molecule has 2 aromatic carbocycles. The van der Waals surface area contributed by atoms with Crippen molar-refractivity contribution in [3.8, 4) is 5.75 Å². The Morgan fingerprint density at radius 2 is 1.79 bits per heavy atom. The first-order valence-electron chi connectivity index (χ1n) is 9.12. The van der Waals surface area contributed by atoms with E-state index in [-0.39, 0.29) is 24.9 Å². The lowest BCUT2D eigenvalue weighted by Gasteiger charge is -2.19. The minimum atomic E-state index is -0.291. The van der Waals surface area contributed by atoms with E-state index in [1.165, 1.54) is 17.2 Å². The van der Waals surface area contributed by atoms with Crippen LogP contribution in [0.15, 0.2) is 83.5 Å². The third-order valence-corrected chi connectivity index (χ3v) is 4.16. The fourth-order valence-corrected chi connectivity index (χ4v) is 2.69. The van der Waals surface area contributed by atoms with E-state index in [1.54, 1.807) is 37.5 Å². The van der Waals surface area contributed by atoms with Gasteiger partial charge in [-0.3, -0.25) is 9.59 Å². The van der Waals surface area contributed by atoms with Crippen LogP contribution in [0.1, 0.15) is 11.3 Å². The van der Waals surface area contributed by atoms with E-state index in [0.29, 0.717) is 11.4 Å². The van der Waals surface area contributed by atoms with Gasteiger partial charge in [0, 0.05) is 11.8 Å². The van der Waals surface area contributed by atoms with Gasteiger partial charge in [0.2, 0.25) is 11.8 Å². The van der Waals surface area contributed by atoms with Crippen LogP contribution in [-0.2, 0) is 16.1 Å². The van der Waals surface area contributed by atoms with Gasteiger partial charge >= 0.3 is 0 Å². The standard InChI is InChI=1S/C23H22N2O4/c1-28-20-12-9-18(10-13-20)11-14-23(27)25(16-21-8-5-15-29-21)17-22(26)24-19-6-3-2-4-7-19/h2-15H,16-17H2,1H3,(H,24,26)/b14-11+. The Balaban J connectivity index is 1.68. The molecule has 0 radical (unpaired) electrons. The van der Waals surface area contributed by atoms with Gasteiger partial charge in [0.05, 0.1) is 19.9 Å².